The number of azide groups is 1. The van der Waals surface area contributed by atoms with Crippen molar-refractivity contribution in [2.24, 2.45) is 15.3 Å². The van der Waals surface area contributed by atoms with Crippen molar-refractivity contribution < 1.29 is 4.92 Å². The van der Waals surface area contributed by atoms with Gasteiger partial charge in [-0.2, -0.15) is 10.2 Å². The van der Waals surface area contributed by atoms with E-state index in [9.17, 15) is 10.1 Å². The molecular formula is C16H17N7O2. The topological polar surface area (TPSA) is 120 Å². The zero-order chi connectivity index (χ0) is 18.1. The minimum atomic E-state index is -0.457. The number of non-ortho nitro benzene ring substituents is 1. The van der Waals surface area contributed by atoms with Crippen LogP contribution in [0.2, 0.25) is 0 Å². The summed E-state index contributed by atoms with van der Waals surface area (Å²) in [4.78, 5) is 15.0. The van der Waals surface area contributed by atoms with Crippen molar-refractivity contribution in [2.45, 2.75) is 6.92 Å². The third-order valence-corrected chi connectivity index (χ3v) is 3.47. The van der Waals surface area contributed by atoms with Gasteiger partial charge in [0.25, 0.3) is 5.69 Å². The van der Waals surface area contributed by atoms with Gasteiger partial charge in [-0.15, -0.1) is 0 Å². The van der Waals surface area contributed by atoms with Gasteiger partial charge in [0.05, 0.1) is 16.3 Å². The fraction of sp³-hybridized carbons (Fsp3) is 0.250. The molecule has 0 unspecified atom stereocenters. The molecule has 0 aromatic heterocycles. The monoisotopic (exact) mass is 339 g/mol. The van der Waals surface area contributed by atoms with Crippen molar-refractivity contribution in [1.82, 2.24) is 0 Å². The molecule has 0 bridgehead atoms. The zero-order valence-electron chi connectivity index (χ0n) is 13.7. The fourth-order valence-corrected chi connectivity index (χ4v) is 2.17. The number of anilines is 1. The average Bonchev–Trinajstić information content (AvgIpc) is 2.64. The van der Waals surface area contributed by atoms with Crippen molar-refractivity contribution in [1.29, 1.82) is 0 Å². The first-order valence-electron chi connectivity index (χ1n) is 7.66. The standard InChI is InChI=1S/C16H17N7O2/c1-2-22(12-11-18-21-17)15-7-3-13(4-8-15)19-20-14-5-9-16(10-6-14)23(24)25/h3-10H,2,11-12H2,1H3/b20-19+. The van der Waals surface area contributed by atoms with Gasteiger partial charge in [0, 0.05) is 42.4 Å². The molecule has 0 N–H and O–H groups in total. The third kappa shape index (κ3) is 5.29. The predicted molar refractivity (Wildman–Crippen MR) is 95.6 cm³/mol. The summed E-state index contributed by atoms with van der Waals surface area (Å²) in [5.41, 5.74) is 10.6. The first kappa shape index (κ1) is 17.9. The Labute approximate surface area is 144 Å². The number of likely N-dealkylation sites (N-methyl/N-ethyl adjacent to an activating group) is 1. The minimum absolute atomic E-state index is 0.0173. The van der Waals surface area contributed by atoms with Gasteiger partial charge < -0.3 is 4.90 Å². The summed E-state index contributed by atoms with van der Waals surface area (Å²) in [6.45, 7) is 3.87. The normalized spacial score (nSPS) is 10.4. The van der Waals surface area contributed by atoms with E-state index < -0.39 is 4.92 Å². The molecule has 0 aliphatic heterocycles. The maximum absolute atomic E-state index is 10.6. The van der Waals surface area contributed by atoms with E-state index in [0.717, 1.165) is 12.2 Å². The van der Waals surface area contributed by atoms with Gasteiger partial charge in [-0.1, -0.05) is 5.11 Å². The van der Waals surface area contributed by atoms with Crippen LogP contribution in [0.1, 0.15) is 6.92 Å². The van der Waals surface area contributed by atoms with Gasteiger partial charge in [0.15, 0.2) is 0 Å². The van der Waals surface area contributed by atoms with E-state index in [1.807, 2.05) is 31.2 Å². The van der Waals surface area contributed by atoms with Crippen molar-refractivity contribution in [2.75, 3.05) is 24.5 Å². The minimum Gasteiger partial charge on any atom is -0.372 e. The van der Waals surface area contributed by atoms with Crippen LogP contribution in [0.3, 0.4) is 0 Å². The van der Waals surface area contributed by atoms with Crippen LogP contribution in [-0.4, -0.2) is 24.6 Å². The van der Waals surface area contributed by atoms with Gasteiger partial charge >= 0.3 is 0 Å². The third-order valence-electron chi connectivity index (χ3n) is 3.47. The summed E-state index contributed by atoms with van der Waals surface area (Å²) in [6, 6.07) is 13.4. The Morgan fingerprint density at radius 2 is 1.64 bits per heavy atom. The Bertz CT molecular complexity index is 781. The van der Waals surface area contributed by atoms with E-state index in [0.29, 0.717) is 24.5 Å². The van der Waals surface area contributed by atoms with Crippen molar-refractivity contribution >= 4 is 22.7 Å². The molecule has 0 heterocycles. The largest absolute Gasteiger partial charge is 0.372 e. The second kappa shape index (κ2) is 8.99. The zero-order valence-corrected chi connectivity index (χ0v) is 13.7. The van der Waals surface area contributed by atoms with E-state index in [1.54, 1.807) is 12.1 Å². The van der Waals surface area contributed by atoms with Crippen molar-refractivity contribution in [3.63, 3.8) is 0 Å². The van der Waals surface area contributed by atoms with Crippen LogP contribution in [0.4, 0.5) is 22.7 Å². The summed E-state index contributed by atoms with van der Waals surface area (Å²) in [7, 11) is 0. The highest BCUT2D eigenvalue weighted by molar-refractivity contribution is 5.53. The Morgan fingerprint density at radius 1 is 1.08 bits per heavy atom. The summed E-state index contributed by atoms with van der Waals surface area (Å²) in [5.74, 6) is 0. The van der Waals surface area contributed by atoms with E-state index in [2.05, 4.69) is 25.2 Å². The second-order valence-electron chi connectivity index (χ2n) is 5.02. The molecule has 128 valence electrons. The van der Waals surface area contributed by atoms with Crippen LogP contribution < -0.4 is 4.90 Å². The smallest absolute Gasteiger partial charge is 0.269 e. The van der Waals surface area contributed by atoms with Gasteiger partial charge in [0.1, 0.15) is 0 Å². The van der Waals surface area contributed by atoms with Gasteiger partial charge in [-0.3, -0.25) is 10.1 Å². The highest BCUT2D eigenvalue weighted by atomic mass is 16.6. The quantitative estimate of drug-likeness (QED) is 0.217. The van der Waals surface area contributed by atoms with E-state index in [-0.39, 0.29) is 5.69 Å². The molecule has 25 heavy (non-hydrogen) atoms. The maximum atomic E-state index is 10.6. The van der Waals surface area contributed by atoms with Crippen molar-refractivity contribution in [3.8, 4) is 0 Å². The first-order valence-corrected chi connectivity index (χ1v) is 7.66. The van der Waals surface area contributed by atoms with Gasteiger partial charge in [-0.05, 0) is 48.9 Å². The Hall–Kier alpha value is -3.45. The molecule has 9 heteroatoms. The van der Waals surface area contributed by atoms with Crippen LogP contribution in [0.15, 0.2) is 63.9 Å². The summed E-state index contributed by atoms with van der Waals surface area (Å²) in [5, 5.41) is 22.3. The number of nitrogens with zero attached hydrogens (tertiary/aromatic N) is 7. The molecule has 0 radical (unpaired) electrons. The van der Waals surface area contributed by atoms with Crippen LogP contribution >= 0.6 is 0 Å². The van der Waals surface area contributed by atoms with Gasteiger partial charge in [0.2, 0.25) is 0 Å². The summed E-state index contributed by atoms with van der Waals surface area (Å²) < 4.78 is 0. The highest BCUT2D eigenvalue weighted by Gasteiger charge is 2.04. The molecule has 2 aromatic rings. The second-order valence-corrected chi connectivity index (χ2v) is 5.02. The lowest BCUT2D eigenvalue weighted by molar-refractivity contribution is -0.384. The molecule has 2 aromatic carbocycles. The lowest BCUT2D eigenvalue weighted by Gasteiger charge is -2.22. The van der Waals surface area contributed by atoms with Crippen molar-refractivity contribution in [3.05, 3.63) is 69.1 Å². The number of hydrogen-bond acceptors (Lipinski definition) is 6. The number of rotatable bonds is 8. The Morgan fingerprint density at radius 3 is 2.12 bits per heavy atom. The molecule has 2 rings (SSSR count). The number of azo groups is 1. The van der Waals surface area contributed by atoms with Crippen LogP contribution in [0.25, 0.3) is 10.4 Å². The van der Waals surface area contributed by atoms with Crippen LogP contribution in [0, 0.1) is 10.1 Å². The van der Waals surface area contributed by atoms with Crippen LogP contribution in [0.5, 0.6) is 0 Å². The number of benzene rings is 2. The van der Waals surface area contributed by atoms with Gasteiger partial charge in [-0.25, -0.2) is 0 Å². The fourth-order valence-electron chi connectivity index (χ4n) is 2.17. The lowest BCUT2D eigenvalue weighted by atomic mass is 10.2. The first-order chi connectivity index (χ1) is 12.1. The lowest BCUT2D eigenvalue weighted by Crippen LogP contribution is -2.25. The SMILES string of the molecule is CCN(CCN=[N+]=[N-])c1ccc(/N=N/c2ccc([N+](=O)[O-])cc2)cc1. The molecule has 0 aliphatic rings. The molecule has 0 fully saturated rings. The number of nitro benzene ring substituents is 1. The highest BCUT2D eigenvalue weighted by Crippen LogP contribution is 2.23. The Balaban J connectivity index is 2.03. The molecular weight excluding hydrogens is 322 g/mol. The van der Waals surface area contributed by atoms with Crippen LogP contribution in [-0.2, 0) is 0 Å². The molecule has 0 saturated heterocycles. The van der Waals surface area contributed by atoms with E-state index in [1.165, 1.54) is 12.1 Å². The molecule has 0 atom stereocenters. The molecule has 0 aliphatic carbocycles. The average molecular weight is 339 g/mol. The maximum Gasteiger partial charge on any atom is 0.269 e. The molecule has 9 nitrogen and oxygen atoms in total. The summed E-state index contributed by atoms with van der Waals surface area (Å²) >= 11 is 0. The number of nitro groups is 1. The molecule has 0 saturated carbocycles. The Kier molecular flexibility index (Phi) is 6.44. The summed E-state index contributed by atoms with van der Waals surface area (Å²) in [6.07, 6.45) is 0. The molecule has 0 spiro atoms. The molecule has 0 amide bonds. The van der Waals surface area contributed by atoms with E-state index >= 15 is 0 Å². The van der Waals surface area contributed by atoms with E-state index in [4.69, 9.17) is 5.53 Å². The number of hydrogen-bond donors (Lipinski definition) is 0. The predicted octanol–water partition coefficient (Wildman–Crippen LogP) is 5.15.